The first kappa shape index (κ1) is 16.8. The molecule has 110 valence electrons. The van der Waals surface area contributed by atoms with Crippen molar-refractivity contribution in [2.45, 2.75) is 19.0 Å². The summed E-state index contributed by atoms with van der Waals surface area (Å²) >= 11 is 12.0. The van der Waals surface area contributed by atoms with Crippen molar-refractivity contribution in [1.29, 1.82) is 0 Å². The summed E-state index contributed by atoms with van der Waals surface area (Å²) in [5.41, 5.74) is 0.709. The van der Waals surface area contributed by atoms with Crippen LogP contribution in [0.25, 0.3) is 0 Å². The molecule has 1 rings (SSSR count). The van der Waals surface area contributed by atoms with E-state index in [1.165, 1.54) is 7.11 Å². The number of rotatable bonds is 6. The average molecular weight is 320 g/mol. The van der Waals surface area contributed by atoms with Crippen LogP contribution in [0.4, 0.5) is 0 Å². The Morgan fingerprint density at radius 3 is 2.60 bits per heavy atom. The highest BCUT2D eigenvalue weighted by Gasteiger charge is 2.27. The average Bonchev–Trinajstić information content (AvgIpc) is 2.40. The van der Waals surface area contributed by atoms with Crippen LogP contribution in [-0.4, -0.2) is 42.1 Å². The van der Waals surface area contributed by atoms with Crippen molar-refractivity contribution in [2.75, 3.05) is 14.2 Å². The fourth-order valence-corrected chi connectivity index (χ4v) is 2.15. The van der Waals surface area contributed by atoms with Crippen LogP contribution in [0.2, 0.25) is 10.0 Å². The van der Waals surface area contributed by atoms with Crippen molar-refractivity contribution in [3.05, 3.63) is 33.8 Å². The predicted molar refractivity (Wildman–Crippen MR) is 76.0 cm³/mol. The highest BCUT2D eigenvalue weighted by Crippen LogP contribution is 2.26. The van der Waals surface area contributed by atoms with Gasteiger partial charge >= 0.3 is 11.9 Å². The second-order valence-electron chi connectivity index (χ2n) is 4.26. The molecule has 0 spiro atoms. The zero-order valence-corrected chi connectivity index (χ0v) is 12.6. The maximum atomic E-state index is 11.6. The molecule has 7 heteroatoms. The molecule has 0 aliphatic rings. The molecule has 20 heavy (non-hydrogen) atoms. The first-order chi connectivity index (χ1) is 9.36. The molecule has 1 atom stereocenters. The molecular weight excluding hydrogens is 305 g/mol. The van der Waals surface area contributed by atoms with Gasteiger partial charge in [-0.1, -0.05) is 35.3 Å². The van der Waals surface area contributed by atoms with E-state index in [0.29, 0.717) is 15.6 Å². The molecule has 0 heterocycles. The van der Waals surface area contributed by atoms with Gasteiger partial charge in [-0.3, -0.25) is 14.5 Å². The maximum absolute atomic E-state index is 11.6. The van der Waals surface area contributed by atoms with Crippen LogP contribution in [-0.2, 0) is 20.9 Å². The summed E-state index contributed by atoms with van der Waals surface area (Å²) in [6.07, 6.45) is -0.346. The largest absolute Gasteiger partial charge is 0.481 e. The van der Waals surface area contributed by atoms with Crippen LogP contribution in [0.5, 0.6) is 0 Å². The van der Waals surface area contributed by atoms with Gasteiger partial charge in [0, 0.05) is 6.54 Å². The van der Waals surface area contributed by atoms with Crippen LogP contribution in [0.1, 0.15) is 12.0 Å². The quantitative estimate of drug-likeness (QED) is 0.816. The second kappa shape index (κ2) is 7.47. The van der Waals surface area contributed by atoms with Crippen LogP contribution in [0.15, 0.2) is 18.2 Å². The van der Waals surface area contributed by atoms with Crippen molar-refractivity contribution < 1.29 is 19.4 Å². The third-order valence-electron chi connectivity index (χ3n) is 2.82. The van der Waals surface area contributed by atoms with Gasteiger partial charge in [0.2, 0.25) is 0 Å². The molecule has 0 saturated heterocycles. The number of benzene rings is 1. The van der Waals surface area contributed by atoms with Crippen LogP contribution in [0, 0.1) is 0 Å². The number of hydrogen-bond acceptors (Lipinski definition) is 4. The number of likely N-dealkylation sites (N-methyl/N-ethyl adjacent to an activating group) is 1. The van der Waals surface area contributed by atoms with Crippen molar-refractivity contribution in [1.82, 2.24) is 4.90 Å². The predicted octanol–water partition coefficient (Wildman–Crippen LogP) is 2.44. The Labute approximate surface area is 127 Å². The SMILES string of the molecule is COC(=O)C(CC(=O)O)N(C)Cc1cccc(Cl)c1Cl. The van der Waals surface area contributed by atoms with E-state index in [-0.39, 0.29) is 13.0 Å². The monoisotopic (exact) mass is 319 g/mol. The van der Waals surface area contributed by atoms with Gasteiger partial charge in [-0.25, -0.2) is 0 Å². The number of aliphatic carboxylic acids is 1. The lowest BCUT2D eigenvalue weighted by Crippen LogP contribution is -2.40. The van der Waals surface area contributed by atoms with E-state index >= 15 is 0 Å². The van der Waals surface area contributed by atoms with E-state index in [1.54, 1.807) is 30.1 Å². The molecule has 1 N–H and O–H groups in total. The lowest BCUT2D eigenvalue weighted by atomic mass is 10.1. The molecule has 0 fully saturated rings. The third kappa shape index (κ3) is 4.37. The van der Waals surface area contributed by atoms with Crippen LogP contribution >= 0.6 is 23.2 Å². The first-order valence-electron chi connectivity index (χ1n) is 5.79. The lowest BCUT2D eigenvalue weighted by Gasteiger charge is -2.25. The summed E-state index contributed by atoms with van der Waals surface area (Å²) in [4.78, 5) is 24.0. The fraction of sp³-hybridized carbons (Fsp3) is 0.385. The minimum Gasteiger partial charge on any atom is -0.481 e. The molecule has 0 aromatic heterocycles. The number of carbonyl (C=O) groups excluding carboxylic acids is 1. The number of methoxy groups -OCH3 is 1. The molecule has 1 aromatic rings. The van der Waals surface area contributed by atoms with Gasteiger partial charge in [-0.05, 0) is 18.7 Å². The maximum Gasteiger partial charge on any atom is 0.323 e. The summed E-state index contributed by atoms with van der Waals surface area (Å²) < 4.78 is 4.62. The summed E-state index contributed by atoms with van der Waals surface area (Å²) in [6, 6.07) is 4.27. The highest BCUT2D eigenvalue weighted by molar-refractivity contribution is 6.42. The minimum atomic E-state index is -1.08. The molecule has 0 bridgehead atoms. The normalized spacial score (nSPS) is 12.2. The number of ether oxygens (including phenoxy) is 1. The van der Waals surface area contributed by atoms with E-state index in [1.807, 2.05) is 0 Å². The van der Waals surface area contributed by atoms with Crippen molar-refractivity contribution in [2.24, 2.45) is 0 Å². The third-order valence-corrected chi connectivity index (χ3v) is 3.68. The number of esters is 1. The first-order valence-corrected chi connectivity index (χ1v) is 6.55. The minimum absolute atomic E-state index is 0.284. The standard InChI is InChI=1S/C13H15Cl2NO4/c1-16(10(6-11(17)18)13(19)20-2)7-8-4-3-5-9(14)12(8)15/h3-5,10H,6-7H2,1-2H3,(H,17,18). The van der Waals surface area contributed by atoms with Gasteiger partial charge in [0.05, 0.1) is 23.6 Å². The van der Waals surface area contributed by atoms with Crippen molar-refractivity contribution in [3.63, 3.8) is 0 Å². The zero-order chi connectivity index (χ0) is 15.3. The Morgan fingerprint density at radius 1 is 1.40 bits per heavy atom. The highest BCUT2D eigenvalue weighted by atomic mass is 35.5. The Kier molecular flexibility index (Phi) is 6.26. The summed E-state index contributed by atoms with van der Waals surface area (Å²) in [5, 5.41) is 9.66. The molecule has 5 nitrogen and oxygen atoms in total. The molecule has 0 saturated carbocycles. The van der Waals surface area contributed by atoms with Gasteiger partial charge in [0.25, 0.3) is 0 Å². The second-order valence-corrected chi connectivity index (χ2v) is 5.05. The Hall–Kier alpha value is -1.30. The van der Waals surface area contributed by atoms with E-state index in [0.717, 1.165) is 0 Å². The van der Waals surface area contributed by atoms with Crippen molar-refractivity contribution in [3.8, 4) is 0 Å². The van der Waals surface area contributed by atoms with Crippen LogP contribution in [0.3, 0.4) is 0 Å². The van der Waals surface area contributed by atoms with Gasteiger partial charge in [-0.15, -0.1) is 0 Å². The number of carboxylic acids is 1. The van der Waals surface area contributed by atoms with Gasteiger partial charge < -0.3 is 9.84 Å². The Balaban J connectivity index is 2.90. The van der Waals surface area contributed by atoms with E-state index < -0.39 is 18.0 Å². The molecule has 0 radical (unpaired) electrons. The van der Waals surface area contributed by atoms with Crippen LogP contribution < -0.4 is 0 Å². The fourth-order valence-electron chi connectivity index (χ4n) is 1.77. The van der Waals surface area contributed by atoms with E-state index in [9.17, 15) is 9.59 Å². The number of carbonyl (C=O) groups is 2. The van der Waals surface area contributed by atoms with E-state index in [2.05, 4.69) is 4.74 Å². The lowest BCUT2D eigenvalue weighted by molar-refractivity contribution is -0.152. The molecule has 1 unspecified atom stereocenters. The van der Waals surface area contributed by atoms with E-state index in [4.69, 9.17) is 28.3 Å². The Bertz CT molecular complexity index is 507. The number of halogens is 2. The molecule has 0 aliphatic carbocycles. The smallest absolute Gasteiger partial charge is 0.323 e. The van der Waals surface area contributed by atoms with Crippen molar-refractivity contribution >= 4 is 35.1 Å². The van der Waals surface area contributed by atoms with Gasteiger partial charge in [0.15, 0.2) is 0 Å². The molecule has 0 amide bonds. The number of nitrogens with zero attached hydrogens (tertiary/aromatic N) is 1. The molecule has 1 aromatic carbocycles. The molecular formula is C13H15Cl2NO4. The number of carboxylic acid groups (broad SMARTS) is 1. The van der Waals surface area contributed by atoms with Gasteiger partial charge in [0.1, 0.15) is 6.04 Å². The summed E-state index contributed by atoms with van der Waals surface area (Å²) in [5.74, 6) is -1.68. The van der Waals surface area contributed by atoms with Gasteiger partial charge in [-0.2, -0.15) is 0 Å². The number of hydrogen-bond donors (Lipinski definition) is 1. The summed E-state index contributed by atoms with van der Waals surface area (Å²) in [6.45, 7) is 0.284. The topological polar surface area (TPSA) is 66.8 Å². The Morgan fingerprint density at radius 2 is 2.05 bits per heavy atom. The molecule has 0 aliphatic heterocycles. The zero-order valence-electron chi connectivity index (χ0n) is 11.1. The summed E-state index contributed by atoms with van der Waals surface area (Å²) in [7, 11) is 2.85.